The van der Waals surface area contributed by atoms with Crippen molar-refractivity contribution in [1.82, 2.24) is 9.97 Å². The molecule has 0 saturated heterocycles. The van der Waals surface area contributed by atoms with Crippen LogP contribution in [0.25, 0.3) is 0 Å². The van der Waals surface area contributed by atoms with Crippen molar-refractivity contribution < 1.29 is 18.0 Å². The van der Waals surface area contributed by atoms with Crippen LogP contribution in [0, 0.1) is 0 Å². The molecule has 1 aliphatic rings. The quantitative estimate of drug-likeness (QED) is 0.617. The monoisotopic (exact) mass is 290 g/mol. The normalized spacial score (nSPS) is 21.2. The molecule has 3 nitrogen and oxygen atoms in total. The molecular formula is C12H13F3N2OS. The number of hydrogen-bond donors (Lipinski definition) is 0. The fraction of sp³-hybridized carbons (Fsp3) is 0.583. The number of carbonyl (C=O) groups excluding carboxylic acids is 1. The van der Waals surface area contributed by atoms with Gasteiger partial charge in [0.1, 0.15) is 11.5 Å². The summed E-state index contributed by atoms with van der Waals surface area (Å²) in [6.45, 7) is 0. The molecule has 0 N–H and O–H groups in total. The zero-order valence-corrected chi connectivity index (χ0v) is 10.9. The number of nitrogens with zero attached hydrogens (tertiary/aromatic N) is 2. The highest BCUT2D eigenvalue weighted by molar-refractivity contribution is 8.00. The van der Waals surface area contributed by atoms with Gasteiger partial charge >= 0.3 is 6.18 Å². The lowest BCUT2D eigenvalue weighted by Crippen LogP contribution is -2.16. The molecule has 1 heterocycles. The molecule has 1 unspecified atom stereocenters. The van der Waals surface area contributed by atoms with Crippen molar-refractivity contribution in [2.45, 2.75) is 48.7 Å². The van der Waals surface area contributed by atoms with Crippen LogP contribution in [0.2, 0.25) is 0 Å². The highest BCUT2D eigenvalue weighted by Crippen LogP contribution is 2.32. The Bertz CT molecular complexity index is 465. The van der Waals surface area contributed by atoms with Crippen molar-refractivity contribution >= 4 is 17.5 Å². The number of rotatable bonds is 2. The maximum Gasteiger partial charge on any atom is 0.433 e. The molecule has 1 fully saturated rings. The summed E-state index contributed by atoms with van der Waals surface area (Å²) in [5.74, 6) is 0.0866. The lowest BCUT2D eigenvalue weighted by atomic mass is 10.2. The highest BCUT2D eigenvalue weighted by atomic mass is 32.2. The van der Waals surface area contributed by atoms with Gasteiger partial charge in [-0.1, -0.05) is 24.6 Å². The SMILES string of the molecule is O=C1CCCCCC1Sc1nccc(C(F)(F)F)n1. The van der Waals surface area contributed by atoms with Crippen molar-refractivity contribution in [3.05, 3.63) is 18.0 Å². The number of Topliss-reactive ketones (excluding diaryl/α,β-unsaturated/α-hetero) is 1. The fourth-order valence-electron chi connectivity index (χ4n) is 1.94. The van der Waals surface area contributed by atoms with E-state index in [0.29, 0.717) is 12.8 Å². The Balaban J connectivity index is 2.12. The van der Waals surface area contributed by atoms with E-state index in [9.17, 15) is 18.0 Å². The van der Waals surface area contributed by atoms with Crippen LogP contribution >= 0.6 is 11.8 Å². The Morgan fingerprint density at radius 2 is 2.05 bits per heavy atom. The molecule has 104 valence electrons. The average molecular weight is 290 g/mol. The molecule has 1 saturated carbocycles. The number of alkyl halides is 3. The predicted octanol–water partition coefficient (Wildman–Crippen LogP) is 3.49. The van der Waals surface area contributed by atoms with Gasteiger partial charge in [0.15, 0.2) is 5.16 Å². The third-order valence-electron chi connectivity index (χ3n) is 2.92. The molecule has 0 amide bonds. The van der Waals surface area contributed by atoms with E-state index in [-0.39, 0.29) is 16.2 Å². The molecule has 1 aromatic heterocycles. The first-order chi connectivity index (χ1) is 8.97. The first kappa shape index (κ1) is 14.3. The van der Waals surface area contributed by atoms with Gasteiger partial charge in [0, 0.05) is 12.6 Å². The smallest absolute Gasteiger partial charge is 0.298 e. The van der Waals surface area contributed by atoms with Crippen LogP contribution in [-0.4, -0.2) is 21.0 Å². The second-order valence-electron chi connectivity index (χ2n) is 4.39. The van der Waals surface area contributed by atoms with Crippen molar-refractivity contribution in [3.8, 4) is 0 Å². The number of halogens is 3. The van der Waals surface area contributed by atoms with Gasteiger partial charge in [-0.3, -0.25) is 4.79 Å². The van der Waals surface area contributed by atoms with Crippen LogP contribution < -0.4 is 0 Å². The third-order valence-corrected chi connectivity index (χ3v) is 4.11. The molecule has 1 aromatic rings. The molecule has 0 aliphatic heterocycles. The summed E-state index contributed by atoms with van der Waals surface area (Å²) >= 11 is 1.04. The van der Waals surface area contributed by atoms with Gasteiger partial charge in [-0.05, 0) is 18.9 Å². The minimum Gasteiger partial charge on any atom is -0.298 e. The van der Waals surface area contributed by atoms with Crippen LogP contribution in [-0.2, 0) is 11.0 Å². The summed E-state index contributed by atoms with van der Waals surface area (Å²) in [7, 11) is 0. The zero-order chi connectivity index (χ0) is 13.9. The summed E-state index contributed by atoms with van der Waals surface area (Å²) in [4.78, 5) is 19.1. The lowest BCUT2D eigenvalue weighted by Gasteiger charge is -2.12. The van der Waals surface area contributed by atoms with E-state index >= 15 is 0 Å². The maximum atomic E-state index is 12.5. The van der Waals surface area contributed by atoms with E-state index in [1.165, 1.54) is 0 Å². The molecule has 0 spiro atoms. The van der Waals surface area contributed by atoms with Gasteiger partial charge in [-0.25, -0.2) is 9.97 Å². The molecular weight excluding hydrogens is 277 g/mol. The lowest BCUT2D eigenvalue weighted by molar-refractivity contribution is -0.141. The second kappa shape index (κ2) is 5.90. The summed E-state index contributed by atoms with van der Waals surface area (Å²) in [5.41, 5.74) is -0.967. The third kappa shape index (κ3) is 3.92. The van der Waals surface area contributed by atoms with Crippen LogP contribution in [0.15, 0.2) is 17.4 Å². The van der Waals surface area contributed by atoms with Gasteiger partial charge < -0.3 is 0 Å². The van der Waals surface area contributed by atoms with Gasteiger partial charge in [0.25, 0.3) is 0 Å². The molecule has 7 heteroatoms. The molecule has 0 bridgehead atoms. The number of ketones is 1. The van der Waals surface area contributed by atoms with Crippen LogP contribution in [0.5, 0.6) is 0 Å². The zero-order valence-electron chi connectivity index (χ0n) is 10.1. The van der Waals surface area contributed by atoms with E-state index in [0.717, 1.165) is 43.3 Å². The van der Waals surface area contributed by atoms with E-state index in [4.69, 9.17) is 0 Å². The molecule has 1 atom stereocenters. The Kier molecular flexibility index (Phi) is 4.44. The largest absolute Gasteiger partial charge is 0.433 e. The van der Waals surface area contributed by atoms with E-state index in [1.54, 1.807) is 0 Å². The van der Waals surface area contributed by atoms with Gasteiger partial charge in [0.2, 0.25) is 0 Å². The molecule has 0 radical (unpaired) electrons. The number of carbonyl (C=O) groups is 1. The van der Waals surface area contributed by atoms with Crippen molar-refractivity contribution in [2.75, 3.05) is 0 Å². The standard InChI is InChI=1S/C12H13F3N2OS/c13-12(14,15)10-6-7-16-11(17-10)19-9-5-3-1-2-4-8(9)18/h6-7,9H,1-5H2. The van der Waals surface area contributed by atoms with E-state index in [2.05, 4.69) is 9.97 Å². The van der Waals surface area contributed by atoms with Gasteiger partial charge in [-0.2, -0.15) is 13.2 Å². The average Bonchev–Trinajstić information content (AvgIpc) is 2.54. The van der Waals surface area contributed by atoms with Crippen molar-refractivity contribution in [1.29, 1.82) is 0 Å². The van der Waals surface area contributed by atoms with Gasteiger partial charge in [-0.15, -0.1) is 0 Å². The van der Waals surface area contributed by atoms with E-state index in [1.807, 2.05) is 0 Å². The van der Waals surface area contributed by atoms with Crippen molar-refractivity contribution in [3.63, 3.8) is 0 Å². The number of thioether (sulfide) groups is 1. The minimum absolute atomic E-state index is 0.0232. The highest BCUT2D eigenvalue weighted by Gasteiger charge is 2.33. The summed E-state index contributed by atoms with van der Waals surface area (Å²) in [6, 6.07) is 0.832. The van der Waals surface area contributed by atoms with E-state index < -0.39 is 11.9 Å². The predicted molar refractivity (Wildman–Crippen MR) is 64.8 cm³/mol. The summed E-state index contributed by atoms with van der Waals surface area (Å²) in [6.07, 6.45) is 0.554. The van der Waals surface area contributed by atoms with Crippen LogP contribution in [0.3, 0.4) is 0 Å². The minimum atomic E-state index is -4.48. The Morgan fingerprint density at radius 3 is 2.79 bits per heavy atom. The first-order valence-corrected chi connectivity index (χ1v) is 6.94. The van der Waals surface area contributed by atoms with Crippen LogP contribution in [0.4, 0.5) is 13.2 Å². The Labute approximate surface area is 113 Å². The summed E-state index contributed by atoms with van der Waals surface area (Å²) in [5, 5.41) is -0.291. The number of aromatic nitrogens is 2. The maximum absolute atomic E-state index is 12.5. The number of hydrogen-bond acceptors (Lipinski definition) is 4. The second-order valence-corrected chi connectivity index (χ2v) is 5.56. The molecule has 1 aliphatic carbocycles. The Hall–Kier alpha value is -1.11. The van der Waals surface area contributed by atoms with Gasteiger partial charge in [0.05, 0.1) is 5.25 Å². The molecule has 19 heavy (non-hydrogen) atoms. The fourth-order valence-corrected chi connectivity index (χ4v) is 3.00. The van der Waals surface area contributed by atoms with Crippen LogP contribution in [0.1, 0.15) is 37.8 Å². The van der Waals surface area contributed by atoms with Crippen molar-refractivity contribution in [2.24, 2.45) is 0 Å². The first-order valence-electron chi connectivity index (χ1n) is 6.06. The summed E-state index contributed by atoms with van der Waals surface area (Å²) < 4.78 is 37.6. The Morgan fingerprint density at radius 1 is 1.26 bits per heavy atom. The molecule has 2 rings (SSSR count). The molecule has 0 aromatic carbocycles. The topological polar surface area (TPSA) is 42.9 Å².